The van der Waals surface area contributed by atoms with Gasteiger partial charge in [0.2, 0.25) is 0 Å². The number of furan rings is 1. The van der Waals surface area contributed by atoms with Gasteiger partial charge < -0.3 is 8.83 Å². The van der Waals surface area contributed by atoms with Crippen LogP contribution in [0.3, 0.4) is 0 Å². The van der Waals surface area contributed by atoms with Gasteiger partial charge in [-0.15, -0.1) is 10.2 Å². The molecular weight excluding hydrogens is 291 g/mol. The molecule has 1 aromatic carbocycles. The Balaban J connectivity index is 1.75. The van der Waals surface area contributed by atoms with Crippen molar-refractivity contribution >= 4 is 11.8 Å². The molecule has 6 heteroatoms. The van der Waals surface area contributed by atoms with E-state index in [1.54, 1.807) is 24.5 Å². The van der Waals surface area contributed by atoms with Crippen LogP contribution < -0.4 is 0 Å². The number of benzene rings is 1. The number of rotatable bonds is 4. The summed E-state index contributed by atoms with van der Waals surface area (Å²) in [5.41, 5.74) is 1.80. The van der Waals surface area contributed by atoms with Gasteiger partial charge in [0, 0.05) is 5.25 Å². The SMILES string of the molecule is Cc1occc1-c1nnc(S[C@@H](C)c2ccc(F)cc2)o1. The second-order valence-corrected chi connectivity index (χ2v) is 5.87. The Labute approximate surface area is 125 Å². The zero-order chi connectivity index (χ0) is 14.8. The van der Waals surface area contributed by atoms with Crippen molar-refractivity contribution in [1.29, 1.82) is 0 Å². The maximum absolute atomic E-state index is 12.9. The molecule has 21 heavy (non-hydrogen) atoms. The summed E-state index contributed by atoms with van der Waals surface area (Å²) in [6, 6.07) is 8.19. The van der Waals surface area contributed by atoms with Crippen LogP contribution in [0.5, 0.6) is 0 Å². The molecule has 108 valence electrons. The largest absolute Gasteiger partial charge is 0.469 e. The van der Waals surface area contributed by atoms with Gasteiger partial charge in [-0.2, -0.15) is 0 Å². The quantitative estimate of drug-likeness (QED) is 0.658. The third-order valence-electron chi connectivity index (χ3n) is 3.11. The molecular formula is C15H13FN2O2S. The lowest BCUT2D eigenvalue weighted by Crippen LogP contribution is -1.88. The lowest BCUT2D eigenvalue weighted by molar-refractivity contribution is 0.462. The molecule has 0 aliphatic heterocycles. The van der Waals surface area contributed by atoms with Crippen molar-refractivity contribution in [3.05, 3.63) is 53.7 Å². The number of thioether (sulfide) groups is 1. The molecule has 3 rings (SSSR count). The molecule has 0 amide bonds. The average Bonchev–Trinajstić information content (AvgIpc) is 3.08. The summed E-state index contributed by atoms with van der Waals surface area (Å²) in [6.45, 7) is 3.85. The van der Waals surface area contributed by atoms with Gasteiger partial charge in [-0.25, -0.2) is 4.39 Å². The molecule has 2 aromatic heterocycles. The van der Waals surface area contributed by atoms with Crippen LogP contribution in [0, 0.1) is 12.7 Å². The molecule has 0 N–H and O–H groups in total. The third-order valence-corrected chi connectivity index (χ3v) is 4.11. The minimum atomic E-state index is -0.244. The zero-order valence-electron chi connectivity index (χ0n) is 11.5. The second kappa shape index (κ2) is 5.73. The molecule has 0 saturated carbocycles. The highest BCUT2D eigenvalue weighted by Crippen LogP contribution is 2.35. The van der Waals surface area contributed by atoms with Gasteiger partial charge in [0.1, 0.15) is 11.6 Å². The van der Waals surface area contributed by atoms with Crippen LogP contribution in [0.4, 0.5) is 4.39 Å². The molecule has 2 heterocycles. The van der Waals surface area contributed by atoms with Gasteiger partial charge in [-0.05, 0) is 37.6 Å². The Bertz CT molecular complexity index is 736. The van der Waals surface area contributed by atoms with Crippen LogP contribution in [0.2, 0.25) is 0 Å². The standard InChI is InChI=1S/C15H13FN2O2S/c1-9-13(7-8-19-9)14-17-18-15(20-14)21-10(2)11-3-5-12(16)6-4-11/h3-8,10H,1-2H3/t10-/m0/s1. The molecule has 0 radical (unpaired) electrons. The van der Waals surface area contributed by atoms with Crippen molar-refractivity contribution in [3.8, 4) is 11.5 Å². The topological polar surface area (TPSA) is 52.1 Å². The van der Waals surface area contributed by atoms with Crippen LogP contribution >= 0.6 is 11.8 Å². The molecule has 0 fully saturated rings. The fourth-order valence-electron chi connectivity index (χ4n) is 1.93. The lowest BCUT2D eigenvalue weighted by atomic mass is 10.2. The summed E-state index contributed by atoms with van der Waals surface area (Å²) in [6.07, 6.45) is 1.59. The average molecular weight is 304 g/mol. The smallest absolute Gasteiger partial charge is 0.277 e. The van der Waals surface area contributed by atoms with E-state index in [1.807, 2.05) is 13.8 Å². The van der Waals surface area contributed by atoms with Crippen molar-refractivity contribution in [2.75, 3.05) is 0 Å². The van der Waals surface area contributed by atoms with E-state index in [-0.39, 0.29) is 11.1 Å². The Morgan fingerprint density at radius 1 is 1.14 bits per heavy atom. The molecule has 1 atom stereocenters. The first-order valence-electron chi connectivity index (χ1n) is 6.43. The highest BCUT2D eigenvalue weighted by Gasteiger charge is 2.16. The number of hydrogen-bond donors (Lipinski definition) is 0. The maximum Gasteiger partial charge on any atom is 0.277 e. The first-order valence-corrected chi connectivity index (χ1v) is 7.31. The Morgan fingerprint density at radius 3 is 2.57 bits per heavy atom. The molecule has 0 unspecified atom stereocenters. The summed E-state index contributed by atoms with van der Waals surface area (Å²) in [5, 5.41) is 8.61. The van der Waals surface area contributed by atoms with E-state index >= 15 is 0 Å². The van der Waals surface area contributed by atoms with E-state index < -0.39 is 0 Å². The first kappa shape index (κ1) is 13.9. The molecule has 0 bridgehead atoms. The van der Waals surface area contributed by atoms with Crippen molar-refractivity contribution in [2.45, 2.75) is 24.3 Å². The van der Waals surface area contributed by atoms with Crippen molar-refractivity contribution in [1.82, 2.24) is 10.2 Å². The Hall–Kier alpha value is -2.08. The number of halogens is 1. The summed E-state index contributed by atoms with van der Waals surface area (Å²) >= 11 is 1.43. The maximum atomic E-state index is 12.9. The van der Waals surface area contributed by atoms with E-state index in [0.29, 0.717) is 11.1 Å². The molecule has 0 aliphatic rings. The van der Waals surface area contributed by atoms with Gasteiger partial charge in [-0.1, -0.05) is 23.9 Å². The summed E-state index contributed by atoms with van der Waals surface area (Å²) < 4.78 is 23.8. The summed E-state index contributed by atoms with van der Waals surface area (Å²) in [5.74, 6) is 0.934. The van der Waals surface area contributed by atoms with Gasteiger partial charge >= 0.3 is 0 Å². The van der Waals surface area contributed by atoms with Gasteiger partial charge in [-0.3, -0.25) is 0 Å². The highest BCUT2D eigenvalue weighted by atomic mass is 32.2. The fraction of sp³-hybridized carbons (Fsp3) is 0.200. The van der Waals surface area contributed by atoms with E-state index in [4.69, 9.17) is 8.83 Å². The Kier molecular flexibility index (Phi) is 3.79. The van der Waals surface area contributed by atoms with E-state index in [2.05, 4.69) is 10.2 Å². The van der Waals surface area contributed by atoms with Gasteiger partial charge in [0.05, 0.1) is 11.8 Å². The fourth-order valence-corrected chi connectivity index (χ4v) is 2.74. The molecule has 0 spiro atoms. The summed E-state index contributed by atoms with van der Waals surface area (Å²) in [4.78, 5) is 0. The van der Waals surface area contributed by atoms with Crippen molar-refractivity contribution in [2.24, 2.45) is 0 Å². The van der Waals surface area contributed by atoms with Crippen LogP contribution in [0.1, 0.15) is 23.5 Å². The van der Waals surface area contributed by atoms with E-state index in [9.17, 15) is 4.39 Å². The minimum absolute atomic E-state index is 0.0874. The van der Waals surface area contributed by atoms with Gasteiger partial charge in [0.15, 0.2) is 0 Å². The first-order chi connectivity index (χ1) is 10.1. The molecule has 0 aliphatic carbocycles. The van der Waals surface area contributed by atoms with Crippen LogP contribution in [0.25, 0.3) is 11.5 Å². The lowest BCUT2D eigenvalue weighted by Gasteiger charge is -2.07. The number of aromatic nitrogens is 2. The number of nitrogens with zero attached hydrogens (tertiary/aromatic N) is 2. The zero-order valence-corrected chi connectivity index (χ0v) is 12.4. The van der Waals surface area contributed by atoms with E-state index in [1.165, 1.54) is 23.9 Å². The number of aryl methyl sites for hydroxylation is 1. The molecule has 4 nitrogen and oxygen atoms in total. The molecule has 0 saturated heterocycles. The van der Waals surface area contributed by atoms with Gasteiger partial charge in [0.25, 0.3) is 11.1 Å². The Morgan fingerprint density at radius 2 is 1.90 bits per heavy atom. The third kappa shape index (κ3) is 3.00. The number of hydrogen-bond acceptors (Lipinski definition) is 5. The predicted octanol–water partition coefficient (Wildman–Crippen LogP) is 4.63. The van der Waals surface area contributed by atoms with Crippen molar-refractivity contribution < 1.29 is 13.2 Å². The van der Waals surface area contributed by atoms with Crippen LogP contribution in [-0.2, 0) is 0 Å². The minimum Gasteiger partial charge on any atom is -0.469 e. The highest BCUT2D eigenvalue weighted by molar-refractivity contribution is 7.99. The van der Waals surface area contributed by atoms with Crippen molar-refractivity contribution in [3.63, 3.8) is 0 Å². The molecule has 3 aromatic rings. The van der Waals surface area contributed by atoms with Crippen LogP contribution in [-0.4, -0.2) is 10.2 Å². The van der Waals surface area contributed by atoms with E-state index in [0.717, 1.165) is 16.9 Å². The predicted molar refractivity (Wildman–Crippen MR) is 77.4 cm³/mol. The van der Waals surface area contributed by atoms with Crippen LogP contribution in [0.15, 0.2) is 50.7 Å². The normalized spacial score (nSPS) is 12.5. The second-order valence-electron chi connectivity index (χ2n) is 4.58. The summed E-state index contributed by atoms with van der Waals surface area (Å²) in [7, 11) is 0. The monoisotopic (exact) mass is 304 g/mol.